The van der Waals surface area contributed by atoms with Crippen molar-refractivity contribution in [1.82, 2.24) is 15.1 Å². The van der Waals surface area contributed by atoms with E-state index >= 15 is 0 Å². The SMILES string of the molecule is CN(C(=O)CN1CCCCC1)C1CCC2(CC1)CNCc1ccccc1O2. The molecule has 0 radical (unpaired) electrons. The van der Waals surface area contributed by atoms with Gasteiger partial charge in [-0.15, -0.1) is 0 Å². The fourth-order valence-electron chi connectivity index (χ4n) is 4.86. The highest BCUT2D eigenvalue weighted by atomic mass is 16.5. The van der Waals surface area contributed by atoms with Crippen LogP contribution in [-0.2, 0) is 11.3 Å². The summed E-state index contributed by atoms with van der Waals surface area (Å²) in [6, 6.07) is 8.69. The smallest absolute Gasteiger partial charge is 0.236 e. The van der Waals surface area contributed by atoms with Crippen molar-refractivity contribution in [3.05, 3.63) is 29.8 Å². The summed E-state index contributed by atoms with van der Waals surface area (Å²) in [6.45, 7) is 4.50. The summed E-state index contributed by atoms with van der Waals surface area (Å²) < 4.78 is 6.52. The van der Waals surface area contributed by atoms with E-state index in [0.29, 0.717) is 12.6 Å². The third-order valence-corrected chi connectivity index (χ3v) is 6.68. The molecule has 0 unspecified atom stereocenters. The maximum absolute atomic E-state index is 12.7. The van der Waals surface area contributed by atoms with E-state index in [0.717, 1.165) is 57.6 Å². The maximum atomic E-state index is 12.7. The van der Waals surface area contributed by atoms with Crippen LogP contribution in [-0.4, -0.2) is 60.6 Å². The van der Waals surface area contributed by atoms with Crippen molar-refractivity contribution >= 4 is 5.91 Å². The molecular formula is C22H33N3O2. The van der Waals surface area contributed by atoms with Crippen molar-refractivity contribution in [1.29, 1.82) is 0 Å². The molecule has 4 rings (SSSR count). The highest BCUT2D eigenvalue weighted by Crippen LogP contribution is 2.37. The molecule has 148 valence electrons. The van der Waals surface area contributed by atoms with Gasteiger partial charge in [-0.2, -0.15) is 0 Å². The van der Waals surface area contributed by atoms with Crippen LogP contribution in [0.4, 0.5) is 0 Å². The molecular weight excluding hydrogens is 338 g/mol. The van der Waals surface area contributed by atoms with E-state index in [9.17, 15) is 4.79 Å². The molecule has 0 aromatic heterocycles. The lowest BCUT2D eigenvalue weighted by Crippen LogP contribution is -2.52. The zero-order chi connectivity index (χ0) is 18.7. The Bertz CT molecular complexity index is 649. The second-order valence-electron chi connectivity index (χ2n) is 8.57. The first-order valence-electron chi connectivity index (χ1n) is 10.6. The fraction of sp³-hybridized carbons (Fsp3) is 0.682. The monoisotopic (exact) mass is 371 g/mol. The van der Waals surface area contributed by atoms with E-state index in [2.05, 4.69) is 34.5 Å². The van der Waals surface area contributed by atoms with Gasteiger partial charge in [0.15, 0.2) is 0 Å². The number of fused-ring (bicyclic) bond motifs is 1. The number of carbonyl (C=O) groups is 1. The summed E-state index contributed by atoms with van der Waals surface area (Å²) in [5.74, 6) is 1.30. The second kappa shape index (κ2) is 8.19. The van der Waals surface area contributed by atoms with Crippen LogP contribution in [0.1, 0.15) is 50.5 Å². The first-order chi connectivity index (χ1) is 13.2. The standard InChI is InChI=1S/C22H33N3O2/c1-24(21(26)16-25-13-5-2-6-14-25)19-9-11-22(12-10-19)17-23-15-18-7-3-4-8-20(18)27-22/h3-4,7-8,19,23H,2,5-6,9-17H2,1H3. The Hall–Kier alpha value is -1.59. The number of benzene rings is 1. The number of para-hydroxylation sites is 1. The van der Waals surface area contributed by atoms with E-state index in [1.807, 2.05) is 11.9 Å². The first-order valence-corrected chi connectivity index (χ1v) is 10.6. The van der Waals surface area contributed by atoms with Gasteiger partial charge in [0, 0.05) is 31.7 Å². The predicted molar refractivity (Wildman–Crippen MR) is 107 cm³/mol. The van der Waals surface area contributed by atoms with Crippen LogP contribution in [0.25, 0.3) is 0 Å². The van der Waals surface area contributed by atoms with Gasteiger partial charge in [-0.3, -0.25) is 9.69 Å². The molecule has 1 saturated carbocycles. The third-order valence-electron chi connectivity index (χ3n) is 6.68. The number of nitrogens with one attached hydrogen (secondary N) is 1. The maximum Gasteiger partial charge on any atom is 0.236 e. The minimum atomic E-state index is -0.125. The Labute approximate surface area is 163 Å². The number of carbonyl (C=O) groups excluding carboxylic acids is 1. The lowest BCUT2D eigenvalue weighted by atomic mass is 9.81. The number of piperidine rings is 1. The van der Waals surface area contributed by atoms with Crippen LogP contribution in [0.2, 0.25) is 0 Å². The molecule has 1 amide bonds. The normalized spacial score (nSPS) is 28.9. The summed E-state index contributed by atoms with van der Waals surface area (Å²) >= 11 is 0. The molecule has 2 heterocycles. The van der Waals surface area contributed by atoms with Crippen LogP contribution in [0.3, 0.4) is 0 Å². The third kappa shape index (κ3) is 4.30. The van der Waals surface area contributed by atoms with Gasteiger partial charge < -0.3 is 15.0 Å². The number of hydrogen-bond donors (Lipinski definition) is 1. The molecule has 2 fully saturated rings. The van der Waals surface area contributed by atoms with Crippen LogP contribution in [0, 0.1) is 0 Å². The number of likely N-dealkylation sites (N-methyl/N-ethyl adjacent to an activating group) is 1. The van der Waals surface area contributed by atoms with E-state index in [1.165, 1.54) is 24.8 Å². The number of nitrogens with zero attached hydrogens (tertiary/aromatic N) is 2. The summed E-state index contributed by atoms with van der Waals surface area (Å²) in [5.41, 5.74) is 1.12. The van der Waals surface area contributed by atoms with Gasteiger partial charge in [0.2, 0.25) is 5.91 Å². The van der Waals surface area contributed by atoms with Crippen molar-refractivity contribution in [2.45, 2.75) is 63.1 Å². The number of ether oxygens (including phenoxy) is 1. The molecule has 1 saturated heterocycles. The second-order valence-corrected chi connectivity index (χ2v) is 8.57. The molecule has 1 aliphatic carbocycles. The first kappa shape index (κ1) is 18.8. The van der Waals surface area contributed by atoms with Crippen LogP contribution in [0.15, 0.2) is 24.3 Å². The van der Waals surface area contributed by atoms with Gasteiger partial charge in [-0.1, -0.05) is 24.6 Å². The Balaban J connectivity index is 1.33. The van der Waals surface area contributed by atoms with Crippen molar-refractivity contribution in [3.8, 4) is 5.75 Å². The zero-order valence-electron chi connectivity index (χ0n) is 16.6. The minimum Gasteiger partial charge on any atom is -0.486 e. The Morgan fingerprint density at radius 3 is 2.74 bits per heavy atom. The molecule has 5 nitrogen and oxygen atoms in total. The van der Waals surface area contributed by atoms with Gasteiger partial charge in [0.25, 0.3) is 0 Å². The van der Waals surface area contributed by atoms with Gasteiger partial charge in [-0.25, -0.2) is 0 Å². The van der Waals surface area contributed by atoms with Gasteiger partial charge in [-0.05, 0) is 57.7 Å². The highest BCUT2D eigenvalue weighted by Gasteiger charge is 2.40. The van der Waals surface area contributed by atoms with Crippen LogP contribution in [0.5, 0.6) is 5.75 Å². The van der Waals surface area contributed by atoms with E-state index < -0.39 is 0 Å². The predicted octanol–water partition coefficient (Wildman–Crippen LogP) is 2.79. The van der Waals surface area contributed by atoms with E-state index in [-0.39, 0.29) is 11.5 Å². The largest absolute Gasteiger partial charge is 0.486 e. The molecule has 0 atom stereocenters. The van der Waals surface area contributed by atoms with Gasteiger partial charge in [0.05, 0.1) is 6.54 Å². The Morgan fingerprint density at radius 2 is 1.96 bits per heavy atom. The van der Waals surface area contributed by atoms with Gasteiger partial charge >= 0.3 is 0 Å². The number of hydrogen-bond acceptors (Lipinski definition) is 4. The number of rotatable bonds is 3. The average molecular weight is 372 g/mol. The lowest BCUT2D eigenvalue weighted by molar-refractivity contribution is -0.135. The topological polar surface area (TPSA) is 44.8 Å². The average Bonchev–Trinajstić information content (AvgIpc) is 2.88. The summed E-state index contributed by atoms with van der Waals surface area (Å²) in [6.07, 6.45) is 7.81. The highest BCUT2D eigenvalue weighted by molar-refractivity contribution is 5.78. The molecule has 1 aromatic rings. The molecule has 1 spiro atoms. The molecule has 0 bridgehead atoms. The van der Waals surface area contributed by atoms with E-state index in [4.69, 9.17) is 4.74 Å². The molecule has 1 N–H and O–H groups in total. The lowest BCUT2D eigenvalue weighted by Gasteiger charge is -2.42. The minimum absolute atomic E-state index is 0.125. The van der Waals surface area contributed by atoms with Crippen LogP contribution >= 0.6 is 0 Å². The fourth-order valence-corrected chi connectivity index (χ4v) is 4.86. The number of amides is 1. The van der Waals surface area contributed by atoms with Gasteiger partial charge in [0.1, 0.15) is 11.4 Å². The van der Waals surface area contributed by atoms with Crippen molar-refractivity contribution in [2.75, 3.05) is 33.2 Å². The van der Waals surface area contributed by atoms with Crippen molar-refractivity contribution in [3.63, 3.8) is 0 Å². The number of likely N-dealkylation sites (tertiary alicyclic amines) is 1. The molecule has 27 heavy (non-hydrogen) atoms. The summed E-state index contributed by atoms with van der Waals surface area (Å²) in [4.78, 5) is 17.1. The molecule has 5 heteroatoms. The van der Waals surface area contributed by atoms with Crippen molar-refractivity contribution < 1.29 is 9.53 Å². The Morgan fingerprint density at radius 1 is 1.22 bits per heavy atom. The summed E-state index contributed by atoms with van der Waals surface area (Å²) in [7, 11) is 2.00. The quantitative estimate of drug-likeness (QED) is 0.887. The Kier molecular flexibility index (Phi) is 5.69. The molecule has 2 aliphatic heterocycles. The van der Waals surface area contributed by atoms with Crippen molar-refractivity contribution in [2.24, 2.45) is 0 Å². The van der Waals surface area contributed by atoms with Crippen LogP contribution < -0.4 is 10.1 Å². The zero-order valence-corrected chi connectivity index (χ0v) is 16.6. The molecule has 1 aromatic carbocycles. The molecule has 3 aliphatic rings. The van der Waals surface area contributed by atoms with E-state index in [1.54, 1.807) is 0 Å². The summed E-state index contributed by atoms with van der Waals surface area (Å²) in [5, 5.41) is 3.57.